The van der Waals surface area contributed by atoms with Gasteiger partial charge in [0, 0.05) is 20.7 Å². The maximum Gasteiger partial charge on any atom is 0.0487 e. The average Bonchev–Trinajstić information content (AvgIpc) is 2.09. The van der Waals surface area contributed by atoms with Crippen molar-refractivity contribution >= 4 is 37.5 Å². The zero-order valence-corrected chi connectivity index (χ0v) is 11.8. The first-order valence-electron chi connectivity index (χ1n) is 4.72. The van der Waals surface area contributed by atoms with E-state index in [0.717, 1.165) is 14.6 Å². The fraction of sp³-hybridized carbons (Fsp3) is 0.455. The lowest BCUT2D eigenvalue weighted by molar-refractivity contribution is 0.560. The molecule has 0 saturated carbocycles. The maximum absolute atomic E-state index is 3.53. The van der Waals surface area contributed by atoms with E-state index in [-0.39, 0.29) is 0 Å². The van der Waals surface area contributed by atoms with Crippen molar-refractivity contribution in [2.45, 2.75) is 26.8 Å². The summed E-state index contributed by atoms with van der Waals surface area (Å²) < 4.78 is 2.19. The second-order valence-corrected chi connectivity index (χ2v) is 5.57. The molecular weight excluding hydrogens is 306 g/mol. The highest BCUT2D eigenvalue weighted by Crippen LogP contribution is 2.27. The molecule has 0 spiro atoms. The third-order valence-corrected chi connectivity index (χ3v) is 3.46. The first kappa shape index (κ1) is 12.1. The highest BCUT2D eigenvalue weighted by molar-refractivity contribution is 9.11. The Bertz CT molecular complexity index is 310. The zero-order valence-electron chi connectivity index (χ0n) is 8.64. The van der Waals surface area contributed by atoms with Crippen LogP contribution in [0.5, 0.6) is 0 Å². The predicted octanol–water partition coefficient (Wildman–Crippen LogP) is 4.67. The van der Waals surface area contributed by atoms with E-state index in [2.05, 4.69) is 70.1 Å². The van der Waals surface area contributed by atoms with Gasteiger partial charge in [-0.05, 0) is 47.0 Å². The van der Waals surface area contributed by atoms with Gasteiger partial charge in [-0.3, -0.25) is 0 Å². The van der Waals surface area contributed by atoms with Crippen molar-refractivity contribution in [1.29, 1.82) is 0 Å². The quantitative estimate of drug-likeness (QED) is 0.853. The summed E-state index contributed by atoms with van der Waals surface area (Å²) >= 11 is 6.97. The van der Waals surface area contributed by atoms with Crippen LogP contribution in [0.15, 0.2) is 27.1 Å². The largest absolute Gasteiger partial charge is 0.381 e. The summed E-state index contributed by atoms with van der Waals surface area (Å²) in [5.41, 5.74) is 1.15. The minimum atomic E-state index is 0.479. The molecule has 1 N–H and O–H groups in total. The Hall–Kier alpha value is -0.0200. The van der Waals surface area contributed by atoms with Crippen LogP contribution in [-0.2, 0) is 0 Å². The molecule has 0 heterocycles. The summed E-state index contributed by atoms with van der Waals surface area (Å²) in [5, 5.41) is 3.47. The Balaban J connectivity index is 2.77. The number of halogens is 2. The van der Waals surface area contributed by atoms with Crippen LogP contribution in [-0.4, -0.2) is 6.04 Å². The molecule has 1 aromatic rings. The monoisotopic (exact) mass is 319 g/mol. The van der Waals surface area contributed by atoms with Crippen molar-refractivity contribution in [1.82, 2.24) is 0 Å². The first-order chi connectivity index (χ1) is 6.50. The van der Waals surface area contributed by atoms with Gasteiger partial charge < -0.3 is 5.32 Å². The van der Waals surface area contributed by atoms with Crippen LogP contribution in [0.25, 0.3) is 0 Å². The molecule has 3 heteroatoms. The zero-order chi connectivity index (χ0) is 10.7. The second kappa shape index (κ2) is 5.17. The molecule has 1 atom stereocenters. The first-order valence-corrected chi connectivity index (χ1v) is 6.31. The highest BCUT2D eigenvalue weighted by Gasteiger charge is 2.08. The molecule has 14 heavy (non-hydrogen) atoms. The van der Waals surface area contributed by atoms with Crippen LogP contribution in [0.2, 0.25) is 0 Å². The van der Waals surface area contributed by atoms with E-state index in [1.807, 2.05) is 6.07 Å². The van der Waals surface area contributed by atoms with Gasteiger partial charge in [-0.1, -0.05) is 29.8 Å². The average molecular weight is 321 g/mol. The van der Waals surface area contributed by atoms with Crippen molar-refractivity contribution < 1.29 is 0 Å². The molecule has 0 aromatic heterocycles. The molecule has 0 amide bonds. The topological polar surface area (TPSA) is 12.0 Å². The summed E-state index contributed by atoms with van der Waals surface area (Å²) in [4.78, 5) is 0. The fourth-order valence-corrected chi connectivity index (χ4v) is 2.18. The van der Waals surface area contributed by atoms with Crippen LogP contribution in [0.3, 0.4) is 0 Å². The molecule has 0 aliphatic carbocycles. The standard InChI is InChI=1S/C11H15Br2N/c1-7(2)8(3)14-11-5-4-9(12)6-10(11)13/h4-8,14H,1-3H3. The van der Waals surface area contributed by atoms with Crippen LogP contribution >= 0.6 is 31.9 Å². The summed E-state index contributed by atoms with van der Waals surface area (Å²) in [6, 6.07) is 6.65. The molecule has 0 saturated heterocycles. The molecule has 0 radical (unpaired) electrons. The maximum atomic E-state index is 3.53. The third-order valence-electron chi connectivity index (χ3n) is 2.31. The van der Waals surface area contributed by atoms with Gasteiger partial charge in [0.25, 0.3) is 0 Å². The van der Waals surface area contributed by atoms with Crippen molar-refractivity contribution in [3.8, 4) is 0 Å². The van der Waals surface area contributed by atoms with Gasteiger partial charge in [-0.2, -0.15) is 0 Å². The lowest BCUT2D eigenvalue weighted by Crippen LogP contribution is -2.21. The Morgan fingerprint density at radius 1 is 1.14 bits per heavy atom. The minimum absolute atomic E-state index is 0.479. The fourth-order valence-electron chi connectivity index (χ4n) is 1.02. The van der Waals surface area contributed by atoms with Crippen molar-refractivity contribution in [3.63, 3.8) is 0 Å². The summed E-state index contributed by atoms with van der Waals surface area (Å²) in [5.74, 6) is 0.630. The summed E-state index contributed by atoms with van der Waals surface area (Å²) in [6.45, 7) is 6.62. The Morgan fingerprint density at radius 2 is 1.79 bits per heavy atom. The Morgan fingerprint density at radius 3 is 2.29 bits per heavy atom. The number of hydrogen-bond acceptors (Lipinski definition) is 1. The summed E-state index contributed by atoms with van der Waals surface area (Å²) in [6.07, 6.45) is 0. The van der Waals surface area contributed by atoms with E-state index < -0.39 is 0 Å². The smallest absolute Gasteiger partial charge is 0.0487 e. The molecule has 1 aromatic carbocycles. The number of hydrogen-bond donors (Lipinski definition) is 1. The van der Waals surface area contributed by atoms with Gasteiger partial charge in [0.15, 0.2) is 0 Å². The van der Waals surface area contributed by atoms with Gasteiger partial charge in [0.1, 0.15) is 0 Å². The molecular formula is C11H15Br2N. The van der Waals surface area contributed by atoms with E-state index in [4.69, 9.17) is 0 Å². The normalized spacial score (nSPS) is 13.0. The Labute approximate surface area is 103 Å². The molecule has 0 aliphatic rings. The van der Waals surface area contributed by atoms with Crippen molar-refractivity contribution in [2.24, 2.45) is 5.92 Å². The van der Waals surface area contributed by atoms with E-state index in [0.29, 0.717) is 12.0 Å². The van der Waals surface area contributed by atoms with E-state index >= 15 is 0 Å². The van der Waals surface area contributed by atoms with Gasteiger partial charge in [0.2, 0.25) is 0 Å². The highest BCUT2D eigenvalue weighted by atomic mass is 79.9. The molecule has 0 bridgehead atoms. The van der Waals surface area contributed by atoms with Gasteiger partial charge in [-0.15, -0.1) is 0 Å². The predicted molar refractivity (Wildman–Crippen MR) is 69.8 cm³/mol. The molecule has 78 valence electrons. The molecule has 0 aliphatic heterocycles. The number of benzene rings is 1. The van der Waals surface area contributed by atoms with Crippen molar-refractivity contribution in [3.05, 3.63) is 27.1 Å². The molecule has 1 nitrogen and oxygen atoms in total. The number of rotatable bonds is 3. The SMILES string of the molecule is CC(C)C(C)Nc1ccc(Br)cc1Br. The van der Waals surface area contributed by atoms with Crippen LogP contribution < -0.4 is 5.32 Å². The van der Waals surface area contributed by atoms with E-state index in [1.54, 1.807) is 0 Å². The minimum Gasteiger partial charge on any atom is -0.381 e. The second-order valence-electron chi connectivity index (χ2n) is 3.80. The van der Waals surface area contributed by atoms with Gasteiger partial charge in [-0.25, -0.2) is 0 Å². The molecule has 0 fully saturated rings. The lowest BCUT2D eigenvalue weighted by atomic mass is 10.1. The third kappa shape index (κ3) is 3.28. The number of nitrogens with one attached hydrogen (secondary N) is 1. The molecule has 1 rings (SSSR count). The summed E-state index contributed by atoms with van der Waals surface area (Å²) in [7, 11) is 0. The Kier molecular flexibility index (Phi) is 4.45. The van der Waals surface area contributed by atoms with Crippen LogP contribution in [0, 0.1) is 5.92 Å². The van der Waals surface area contributed by atoms with Crippen molar-refractivity contribution in [2.75, 3.05) is 5.32 Å². The van der Waals surface area contributed by atoms with E-state index in [9.17, 15) is 0 Å². The van der Waals surface area contributed by atoms with Gasteiger partial charge >= 0.3 is 0 Å². The molecule has 1 unspecified atom stereocenters. The number of anilines is 1. The van der Waals surface area contributed by atoms with Gasteiger partial charge in [0.05, 0.1) is 0 Å². The van der Waals surface area contributed by atoms with Crippen LogP contribution in [0.1, 0.15) is 20.8 Å². The van der Waals surface area contributed by atoms with E-state index in [1.165, 1.54) is 0 Å². The van der Waals surface area contributed by atoms with Crippen LogP contribution in [0.4, 0.5) is 5.69 Å². The lowest BCUT2D eigenvalue weighted by Gasteiger charge is -2.19.